The van der Waals surface area contributed by atoms with Gasteiger partial charge in [0.05, 0.1) is 12.0 Å². The smallest absolute Gasteiger partial charge is 0.246 e. The Labute approximate surface area is 220 Å². The molecule has 0 aromatic heterocycles. The van der Waals surface area contributed by atoms with E-state index in [9.17, 15) is 14.4 Å². The van der Waals surface area contributed by atoms with Crippen LogP contribution in [0.2, 0.25) is 0 Å². The standard InChI is InChI=1S/C30H41N3O4/c1-22(2)20-26-28(35)31-25-13-19-37-21-24(25)10-6-7-14-30(29(36)32-26)15-17-33(18-16-30)27(34)12-11-23-8-4-3-5-9-23/h3-9,11-12,22,24-26H,10,13-21H2,1-2H3,(H,31,35)(H,32,36)/b7-6+,12-11+/t24-,25+,26-/m1/s1. The fourth-order valence-electron chi connectivity index (χ4n) is 5.61. The van der Waals surface area contributed by atoms with Crippen LogP contribution in [0.15, 0.2) is 48.6 Å². The molecule has 2 saturated heterocycles. The van der Waals surface area contributed by atoms with Crippen molar-refractivity contribution in [3.8, 4) is 0 Å². The average Bonchev–Trinajstić information content (AvgIpc) is 2.90. The lowest BCUT2D eigenvalue weighted by Gasteiger charge is -2.41. The van der Waals surface area contributed by atoms with Gasteiger partial charge in [-0.3, -0.25) is 14.4 Å². The number of likely N-dealkylation sites (tertiary alicyclic amines) is 1. The molecular weight excluding hydrogens is 466 g/mol. The summed E-state index contributed by atoms with van der Waals surface area (Å²) in [7, 11) is 0. The molecule has 37 heavy (non-hydrogen) atoms. The van der Waals surface area contributed by atoms with E-state index in [1.54, 1.807) is 6.08 Å². The van der Waals surface area contributed by atoms with Gasteiger partial charge < -0.3 is 20.3 Å². The van der Waals surface area contributed by atoms with E-state index < -0.39 is 11.5 Å². The molecule has 1 aromatic carbocycles. The van der Waals surface area contributed by atoms with Gasteiger partial charge in [0.25, 0.3) is 0 Å². The summed E-state index contributed by atoms with van der Waals surface area (Å²) in [6.07, 6.45) is 11.6. The van der Waals surface area contributed by atoms with Crippen LogP contribution in [-0.2, 0) is 19.1 Å². The minimum atomic E-state index is -0.631. The second kappa shape index (κ2) is 12.5. The maximum Gasteiger partial charge on any atom is 0.246 e. The lowest BCUT2D eigenvalue weighted by molar-refractivity contribution is -0.140. The molecule has 0 saturated carbocycles. The van der Waals surface area contributed by atoms with Gasteiger partial charge in [0, 0.05) is 37.7 Å². The van der Waals surface area contributed by atoms with Gasteiger partial charge in [0.15, 0.2) is 0 Å². The minimum Gasteiger partial charge on any atom is -0.381 e. The molecule has 3 heterocycles. The number of hydrogen-bond donors (Lipinski definition) is 2. The molecule has 7 heteroatoms. The molecule has 2 fully saturated rings. The third-order valence-electron chi connectivity index (χ3n) is 7.98. The normalized spacial score (nSPS) is 27.6. The largest absolute Gasteiger partial charge is 0.381 e. The first-order valence-electron chi connectivity index (χ1n) is 13.7. The summed E-state index contributed by atoms with van der Waals surface area (Å²) < 4.78 is 5.70. The number of ether oxygens (including phenoxy) is 1. The molecule has 3 amide bonds. The Morgan fingerprint density at radius 3 is 2.62 bits per heavy atom. The van der Waals surface area contributed by atoms with Gasteiger partial charge in [-0.2, -0.15) is 0 Å². The molecule has 0 bridgehead atoms. The summed E-state index contributed by atoms with van der Waals surface area (Å²) in [5, 5.41) is 6.35. The number of carbonyl (C=O) groups excluding carboxylic acids is 3. The lowest BCUT2D eigenvalue weighted by atomic mass is 9.74. The van der Waals surface area contributed by atoms with E-state index in [-0.39, 0.29) is 35.6 Å². The first kappa shape index (κ1) is 27.1. The molecule has 7 nitrogen and oxygen atoms in total. The van der Waals surface area contributed by atoms with Crippen molar-refractivity contribution >= 4 is 23.8 Å². The molecule has 0 radical (unpaired) electrons. The maximum atomic E-state index is 13.8. The zero-order chi connectivity index (χ0) is 26.3. The summed E-state index contributed by atoms with van der Waals surface area (Å²) in [6.45, 7) is 6.44. The van der Waals surface area contributed by atoms with Gasteiger partial charge in [-0.25, -0.2) is 0 Å². The third kappa shape index (κ3) is 7.10. The molecule has 2 N–H and O–H groups in total. The third-order valence-corrected chi connectivity index (χ3v) is 7.98. The SMILES string of the molecule is CC(C)C[C@H]1NC(=O)C2(C/C=C/C[C@@H]3COCC[C@@H]3NC1=O)CCN(C(=O)/C=C/c1ccccc1)CC2. The number of benzene rings is 1. The van der Waals surface area contributed by atoms with Crippen molar-refractivity contribution in [2.24, 2.45) is 17.3 Å². The number of piperidine rings is 1. The Kier molecular flexibility index (Phi) is 9.19. The maximum absolute atomic E-state index is 13.8. The van der Waals surface area contributed by atoms with Crippen LogP contribution in [0.5, 0.6) is 0 Å². The Bertz CT molecular complexity index is 995. The topological polar surface area (TPSA) is 87.7 Å². The van der Waals surface area contributed by atoms with Gasteiger partial charge in [0.2, 0.25) is 17.7 Å². The predicted molar refractivity (Wildman–Crippen MR) is 144 cm³/mol. The van der Waals surface area contributed by atoms with Crippen molar-refractivity contribution < 1.29 is 19.1 Å². The molecule has 0 aliphatic carbocycles. The Balaban J connectivity index is 1.48. The summed E-state index contributed by atoms with van der Waals surface area (Å²) in [5.41, 5.74) is 0.348. The van der Waals surface area contributed by atoms with Gasteiger partial charge >= 0.3 is 0 Å². The Morgan fingerprint density at radius 1 is 1.14 bits per heavy atom. The fraction of sp³-hybridized carbons (Fsp3) is 0.567. The number of rotatable bonds is 4. The minimum absolute atomic E-state index is 0.0387. The highest BCUT2D eigenvalue weighted by atomic mass is 16.5. The first-order valence-corrected chi connectivity index (χ1v) is 13.7. The van der Waals surface area contributed by atoms with Crippen LogP contribution in [-0.4, -0.2) is 61.0 Å². The predicted octanol–water partition coefficient (Wildman–Crippen LogP) is 3.71. The highest BCUT2D eigenvalue weighted by molar-refractivity contribution is 5.93. The number of allylic oxidation sites excluding steroid dienone is 2. The van der Waals surface area contributed by atoms with Crippen molar-refractivity contribution in [3.63, 3.8) is 0 Å². The molecule has 200 valence electrons. The van der Waals surface area contributed by atoms with Crippen molar-refractivity contribution in [2.45, 2.75) is 64.5 Å². The van der Waals surface area contributed by atoms with E-state index in [0.717, 1.165) is 18.4 Å². The summed E-state index contributed by atoms with van der Waals surface area (Å²) in [5.74, 6) is 0.284. The molecule has 1 spiro atoms. The highest BCUT2D eigenvalue weighted by Gasteiger charge is 2.43. The second-order valence-corrected chi connectivity index (χ2v) is 11.2. The van der Waals surface area contributed by atoms with Crippen molar-refractivity contribution in [3.05, 3.63) is 54.1 Å². The molecule has 3 atom stereocenters. The fourth-order valence-corrected chi connectivity index (χ4v) is 5.61. The van der Waals surface area contributed by atoms with E-state index in [1.165, 1.54) is 0 Å². The monoisotopic (exact) mass is 507 g/mol. The van der Waals surface area contributed by atoms with Crippen LogP contribution in [0.4, 0.5) is 0 Å². The number of hydrogen-bond acceptors (Lipinski definition) is 4. The molecule has 3 aliphatic rings. The van der Waals surface area contributed by atoms with E-state index in [2.05, 4.69) is 36.6 Å². The van der Waals surface area contributed by atoms with Crippen LogP contribution in [0.25, 0.3) is 6.08 Å². The summed E-state index contributed by atoms with van der Waals surface area (Å²) in [6, 6.07) is 9.25. The lowest BCUT2D eigenvalue weighted by Crippen LogP contribution is -2.57. The number of nitrogens with zero attached hydrogens (tertiary/aromatic N) is 1. The van der Waals surface area contributed by atoms with Gasteiger partial charge in [-0.15, -0.1) is 0 Å². The quantitative estimate of drug-likeness (QED) is 0.481. The van der Waals surface area contributed by atoms with Crippen LogP contribution in [0.3, 0.4) is 0 Å². The van der Waals surface area contributed by atoms with Gasteiger partial charge in [-0.05, 0) is 56.1 Å². The van der Waals surface area contributed by atoms with Crippen LogP contribution >= 0.6 is 0 Å². The second-order valence-electron chi connectivity index (χ2n) is 11.2. The molecule has 1 aromatic rings. The molecular formula is C30H41N3O4. The average molecular weight is 508 g/mol. The summed E-state index contributed by atoms with van der Waals surface area (Å²) >= 11 is 0. The van der Waals surface area contributed by atoms with Crippen LogP contribution in [0.1, 0.15) is 57.9 Å². The number of carbonyl (C=O) groups is 3. The zero-order valence-corrected chi connectivity index (χ0v) is 22.2. The first-order chi connectivity index (χ1) is 17.9. The zero-order valence-electron chi connectivity index (χ0n) is 22.2. The van der Waals surface area contributed by atoms with Crippen molar-refractivity contribution in [2.75, 3.05) is 26.3 Å². The van der Waals surface area contributed by atoms with E-state index in [1.807, 2.05) is 41.3 Å². The molecule has 0 unspecified atom stereocenters. The Hall–Kier alpha value is -2.93. The van der Waals surface area contributed by atoms with Crippen molar-refractivity contribution in [1.29, 1.82) is 0 Å². The molecule has 4 rings (SSSR count). The van der Waals surface area contributed by atoms with Gasteiger partial charge in [0.1, 0.15) is 6.04 Å². The number of fused-ring (bicyclic) bond motifs is 1. The van der Waals surface area contributed by atoms with E-state index >= 15 is 0 Å². The van der Waals surface area contributed by atoms with Crippen LogP contribution < -0.4 is 10.6 Å². The highest BCUT2D eigenvalue weighted by Crippen LogP contribution is 2.37. The number of nitrogens with one attached hydrogen (secondary N) is 2. The van der Waals surface area contributed by atoms with E-state index in [4.69, 9.17) is 4.74 Å². The summed E-state index contributed by atoms with van der Waals surface area (Å²) in [4.78, 5) is 41.7. The van der Waals surface area contributed by atoms with E-state index in [0.29, 0.717) is 52.0 Å². The van der Waals surface area contributed by atoms with Gasteiger partial charge in [-0.1, -0.05) is 56.3 Å². The Morgan fingerprint density at radius 2 is 1.89 bits per heavy atom. The van der Waals surface area contributed by atoms with Crippen LogP contribution in [0, 0.1) is 17.3 Å². The number of amides is 3. The van der Waals surface area contributed by atoms with Crippen molar-refractivity contribution in [1.82, 2.24) is 15.5 Å². The molecule has 3 aliphatic heterocycles.